The zero-order chi connectivity index (χ0) is 17.4. The Labute approximate surface area is 143 Å². The lowest BCUT2D eigenvalue weighted by molar-refractivity contribution is -0.133. The van der Waals surface area contributed by atoms with Crippen molar-refractivity contribution in [3.05, 3.63) is 24.3 Å². The lowest BCUT2D eigenvalue weighted by Gasteiger charge is -2.18. The van der Waals surface area contributed by atoms with Crippen molar-refractivity contribution in [2.45, 2.75) is 39.2 Å². The van der Waals surface area contributed by atoms with Crippen LogP contribution in [0.15, 0.2) is 24.3 Å². The number of amides is 2. The average molecular weight is 333 g/mol. The van der Waals surface area contributed by atoms with E-state index in [2.05, 4.69) is 10.6 Å². The van der Waals surface area contributed by atoms with E-state index in [4.69, 9.17) is 4.74 Å². The maximum absolute atomic E-state index is 12.1. The number of carbonyl (C=O) groups is 2. The van der Waals surface area contributed by atoms with Crippen molar-refractivity contribution in [2.75, 3.05) is 31.6 Å². The minimum atomic E-state index is -0.0400. The van der Waals surface area contributed by atoms with E-state index in [0.29, 0.717) is 30.9 Å². The van der Waals surface area contributed by atoms with E-state index in [1.165, 1.54) is 0 Å². The van der Waals surface area contributed by atoms with Crippen LogP contribution < -0.4 is 15.4 Å². The number of nitrogens with zero attached hydrogens (tertiary/aromatic N) is 1. The van der Waals surface area contributed by atoms with Crippen molar-refractivity contribution in [3.8, 4) is 5.75 Å². The van der Waals surface area contributed by atoms with Gasteiger partial charge in [-0.2, -0.15) is 0 Å². The minimum Gasteiger partial charge on any atom is -0.484 e. The van der Waals surface area contributed by atoms with Crippen molar-refractivity contribution in [1.82, 2.24) is 10.2 Å². The molecule has 2 rings (SSSR count). The fourth-order valence-electron chi connectivity index (χ4n) is 2.84. The number of likely N-dealkylation sites (N-methyl/N-ethyl adjacent to an activating group) is 1. The van der Waals surface area contributed by atoms with Gasteiger partial charge in [-0.1, -0.05) is 6.07 Å². The summed E-state index contributed by atoms with van der Waals surface area (Å²) in [5, 5.41) is 6.20. The molecule has 1 aromatic rings. The van der Waals surface area contributed by atoms with Gasteiger partial charge in [-0.3, -0.25) is 9.59 Å². The molecule has 1 aliphatic heterocycles. The maximum Gasteiger partial charge on any atom is 0.260 e. The Morgan fingerprint density at radius 1 is 1.33 bits per heavy atom. The van der Waals surface area contributed by atoms with Gasteiger partial charge in [0, 0.05) is 37.3 Å². The van der Waals surface area contributed by atoms with E-state index in [9.17, 15) is 9.59 Å². The summed E-state index contributed by atoms with van der Waals surface area (Å²) < 4.78 is 5.55. The first-order chi connectivity index (χ1) is 11.6. The fraction of sp³-hybridized carbons (Fsp3) is 0.556. The highest BCUT2D eigenvalue weighted by molar-refractivity contribution is 5.91. The summed E-state index contributed by atoms with van der Waals surface area (Å²) in [5.74, 6) is 0.528. The minimum absolute atomic E-state index is 0.00503. The number of anilines is 1. The first kappa shape index (κ1) is 18.3. The number of nitrogens with one attached hydrogen (secondary N) is 2. The highest BCUT2D eigenvalue weighted by Gasteiger charge is 2.17. The molecule has 2 amide bonds. The van der Waals surface area contributed by atoms with Gasteiger partial charge in [0.25, 0.3) is 5.91 Å². The van der Waals surface area contributed by atoms with Gasteiger partial charge in [0.05, 0.1) is 0 Å². The molecule has 1 fully saturated rings. The number of carbonyl (C=O) groups excluding carboxylic acids is 2. The first-order valence-corrected chi connectivity index (χ1v) is 8.66. The van der Waals surface area contributed by atoms with Crippen LogP contribution in [-0.2, 0) is 9.59 Å². The fourth-order valence-corrected chi connectivity index (χ4v) is 2.84. The van der Waals surface area contributed by atoms with Crippen LogP contribution >= 0.6 is 0 Å². The quantitative estimate of drug-likeness (QED) is 0.763. The van der Waals surface area contributed by atoms with Crippen molar-refractivity contribution in [1.29, 1.82) is 0 Å². The third kappa shape index (κ3) is 5.53. The van der Waals surface area contributed by atoms with Crippen molar-refractivity contribution in [2.24, 2.45) is 0 Å². The second-order valence-corrected chi connectivity index (χ2v) is 5.93. The Kier molecular flexibility index (Phi) is 7.06. The van der Waals surface area contributed by atoms with Crippen molar-refractivity contribution < 1.29 is 14.3 Å². The van der Waals surface area contributed by atoms with E-state index in [1.807, 2.05) is 19.9 Å². The number of benzene rings is 1. The molecule has 0 radical (unpaired) electrons. The van der Waals surface area contributed by atoms with E-state index in [1.54, 1.807) is 23.1 Å². The van der Waals surface area contributed by atoms with Crippen molar-refractivity contribution >= 4 is 17.5 Å². The monoisotopic (exact) mass is 333 g/mol. The zero-order valence-corrected chi connectivity index (χ0v) is 14.5. The predicted molar refractivity (Wildman–Crippen MR) is 94.1 cm³/mol. The normalized spacial score (nSPS) is 16.7. The van der Waals surface area contributed by atoms with Crippen LogP contribution in [0.4, 0.5) is 5.69 Å². The molecule has 1 unspecified atom stereocenters. The Balaban J connectivity index is 1.84. The summed E-state index contributed by atoms with van der Waals surface area (Å²) >= 11 is 0. The van der Waals surface area contributed by atoms with Gasteiger partial charge in [-0.25, -0.2) is 0 Å². The molecule has 0 spiro atoms. The van der Waals surface area contributed by atoms with Gasteiger partial charge in [0.2, 0.25) is 5.91 Å². The molecular formula is C18H27N3O3. The molecule has 1 aliphatic rings. The molecule has 0 aromatic heterocycles. The predicted octanol–water partition coefficient (Wildman–Crippen LogP) is 2.01. The Hall–Kier alpha value is -2.08. The highest BCUT2D eigenvalue weighted by Crippen LogP contribution is 2.18. The summed E-state index contributed by atoms with van der Waals surface area (Å²) in [4.78, 5) is 25.7. The lowest BCUT2D eigenvalue weighted by Crippen LogP contribution is -2.34. The van der Waals surface area contributed by atoms with Crippen LogP contribution in [0.1, 0.15) is 33.1 Å². The molecule has 1 aromatic carbocycles. The summed E-state index contributed by atoms with van der Waals surface area (Å²) in [5.41, 5.74) is 0.686. The number of hydrogen-bond donors (Lipinski definition) is 2. The molecule has 1 saturated heterocycles. The van der Waals surface area contributed by atoms with Crippen molar-refractivity contribution in [3.63, 3.8) is 0 Å². The Bertz CT molecular complexity index is 552. The van der Waals surface area contributed by atoms with Crippen LogP contribution in [0.2, 0.25) is 0 Å². The van der Waals surface area contributed by atoms with E-state index >= 15 is 0 Å². The second kappa shape index (κ2) is 9.27. The third-order valence-electron chi connectivity index (χ3n) is 4.19. The van der Waals surface area contributed by atoms with Gasteiger partial charge in [0.15, 0.2) is 6.61 Å². The number of hydrogen-bond acceptors (Lipinski definition) is 4. The number of ether oxygens (including phenoxy) is 1. The smallest absolute Gasteiger partial charge is 0.260 e. The molecule has 6 nitrogen and oxygen atoms in total. The van der Waals surface area contributed by atoms with Crippen LogP contribution in [-0.4, -0.2) is 49.0 Å². The largest absolute Gasteiger partial charge is 0.484 e. The lowest BCUT2D eigenvalue weighted by atomic mass is 10.1. The summed E-state index contributed by atoms with van der Waals surface area (Å²) in [6.07, 6.45) is 2.65. The van der Waals surface area contributed by atoms with E-state index in [0.717, 1.165) is 19.4 Å². The van der Waals surface area contributed by atoms with Crippen LogP contribution in [0.3, 0.4) is 0 Å². The molecule has 0 bridgehead atoms. The van der Waals surface area contributed by atoms with Gasteiger partial charge in [-0.05, 0) is 45.4 Å². The number of rotatable bonds is 8. The highest BCUT2D eigenvalue weighted by atomic mass is 16.5. The molecule has 2 N–H and O–H groups in total. The van der Waals surface area contributed by atoms with E-state index < -0.39 is 0 Å². The van der Waals surface area contributed by atoms with Gasteiger partial charge in [0.1, 0.15) is 5.75 Å². The van der Waals surface area contributed by atoms with Gasteiger partial charge < -0.3 is 20.3 Å². The molecule has 0 aliphatic carbocycles. The van der Waals surface area contributed by atoms with Crippen LogP contribution in [0, 0.1) is 0 Å². The summed E-state index contributed by atoms with van der Waals surface area (Å²) in [7, 11) is 0. The second-order valence-electron chi connectivity index (χ2n) is 5.93. The molecule has 132 valence electrons. The molecule has 0 saturated carbocycles. The first-order valence-electron chi connectivity index (χ1n) is 8.66. The average Bonchev–Trinajstić information content (AvgIpc) is 3.07. The van der Waals surface area contributed by atoms with E-state index in [-0.39, 0.29) is 24.5 Å². The van der Waals surface area contributed by atoms with Gasteiger partial charge in [-0.15, -0.1) is 0 Å². The Morgan fingerprint density at radius 2 is 2.12 bits per heavy atom. The standard InChI is InChI=1S/C18H27N3O3/c1-3-21(4-2)18(23)13-24-16-9-5-7-15(11-16)20-17(22)12-14-8-6-10-19-14/h5,7,9,11,14,19H,3-4,6,8,10,12-13H2,1-2H3,(H,20,22). The SMILES string of the molecule is CCN(CC)C(=O)COc1cccc(NC(=O)CC2CCCN2)c1. The molecular weight excluding hydrogens is 306 g/mol. The van der Waals surface area contributed by atoms with Crippen LogP contribution in [0.5, 0.6) is 5.75 Å². The zero-order valence-electron chi connectivity index (χ0n) is 14.5. The Morgan fingerprint density at radius 3 is 2.79 bits per heavy atom. The van der Waals surface area contributed by atoms with Gasteiger partial charge >= 0.3 is 0 Å². The van der Waals surface area contributed by atoms with Crippen LogP contribution in [0.25, 0.3) is 0 Å². The summed E-state index contributed by atoms with van der Waals surface area (Å²) in [6.45, 7) is 6.22. The molecule has 1 heterocycles. The third-order valence-corrected chi connectivity index (χ3v) is 4.19. The molecule has 24 heavy (non-hydrogen) atoms. The summed E-state index contributed by atoms with van der Waals surface area (Å²) in [6, 6.07) is 7.43. The topological polar surface area (TPSA) is 70.7 Å². The maximum atomic E-state index is 12.1. The molecule has 6 heteroatoms. The molecule has 1 atom stereocenters.